The molecule has 2 heterocycles. The van der Waals surface area contributed by atoms with Gasteiger partial charge in [0.15, 0.2) is 0 Å². The van der Waals surface area contributed by atoms with Crippen molar-refractivity contribution >= 4 is 6.03 Å². The van der Waals surface area contributed by atoms with Crippen LogP contribution in [0.15, 0.2) is 48.8 Å². The quantitative estimate of drug-likeness (QED) is 0.912. The summed E-state index contributed by atoms with van der Waals surface area (Å²) >= 11 is 0. The number of nitrogens with one attached hydrogen (secondary N) is 1. The molecule has 126 valence electrons. The van der Waals surface area contributed by atoms with E-state index in [2.05, 4.69) is 27.2 Å². The molecule has 24 heavy (non-hydrogen) atoms. The average molecular weight is 325 g/mol. The number of likely N-dealkylation sites (N-methyl/N-ethyl adjacent to an activating group) is 1. The van der Waals surface area contributed by atoms with E-state index in [1.165, 1.54) is 0 Å². The van der Waals surface area contributed by atoms with Crippen molar-refractivity contribution in [2.75, 3.05) is 20.1 Å². The van der Waals surface area contributed by atoms with E-state index in [0.29, 0.717) is 19.1 Å². The van der Waals surface area contributed by atoms with Crippen LogP contribution in [0.25, 0.3) is 0 Å². The minimum Gasteiger partial charge on any atom is -0.334 e. The van der Waals surface area contributed by atoms with Crippen LogP contribution in [0.1, 0.15) is 17.8 Å². The van der Waals surface area contributed by atoms with Crippen molar-refractivity contribution in [3.63, 3.8) is 0 Å². The number of hydrogen-bond acceptors (Lipinski definition) is 4. The van der Waals surface area contributed by atoms with Gasteiger partial charge < -0.3 is 10.2 Å². The molecule has 0 spiro atoms. The molecule has 2 amide bonds. The van der Waals surface area contributed by atoms with Gasteiger partial charge in [-0.15, -0.1) is 0 Å². The van der Waals surface area contributed by atoms with Gasteiger partial charge in [-0.05, 0) is 25.1 Å². The molecule has 3 rings (SSSR count). The lowest BCUT2D eigenvalue weighted by Crippen LogP contribution is -2.41. The molecule has 1 aromatic carbocycles. The van der Waals surface area contributed by atoms with Gasteiger partial charge in [0.25, 0.3) is 0 Å². The van der Waals surface area contributed by atoms with E-state index >= 15 is 0 Å². The minimum absolute atomic E-state index is 0.00529. The van der Waals surface area contributed by atoms with Crippen LogP contribution in [0, 0.1) is 0 Å². The highest BCUT2D eigenvalue weighted by molar-refractivity contribution is 5.74. The largest absolute Gasteiger partial charge is 0.334 e. The maximum atomic E-state index is 12.3. The van der Waals surface area contributed by atoms with Crippen LogP contribution in [0.3, 0.4) is 0 Å². The maximum absolute atomic E-state index is 12.3. The van der Waals surface area contributed by atoms with Crippen LogP contribution in [0.5, 0.6) is 0 Å². The summed E-state index contributed by atoms with van der Waals surface area (Å²) in [6, 6.07) is 12.1. The lowest BCUT2D eigenvalue weighted by Gasteiger charge is -2.24. The molecule has 0 radical (unpaired) electrons. The third-order valence-corrected chi connectivity index (χ3v) is 4.37. The Bertz CT molecular complexity index is 649. The normalized spacial score (nSPS) is 17.2. The monoisotopic (exact) mass is 325 g/mol. The Morgan fingerprint density at radius 2 is 2.00 bits per heavy atom. The molecular weight excluding hydrogens is 302 g/mol. The Balaban J connectivity index is 1.46. The second-order valence-corrected chi connectivity index (χ2v) is 6.11. The van der Waals surface area contributed by atoms with Gasteiger partial charge >= 0.3 is 6.03 Å². The van der Waals surface area contributed by atoms with Crippen LogP contribution in [0.4, 0.5) is 4.79 Å². The lowest BCUT2D eigenvalue weighted by molar-refractivity contribution is 0.195. The van der Waals surface area contributed by atoms with E-state index in [0.717, 1.165) is 30.9 Å². The fraction of sp³-hybridized carbons (Fsp3) is 0.389. The number of aromatic nitrogens is 2. The van der Waals surface area contributed by atoms with Crippen LogP contribution in [-0.2, 0) is 13.1 Å². The highest BCUT2D eigenvalue weighted by atomic mass is 16.2. The summed E-state index contributed by atoms with van der Waals surface area (Å²) in [7, 11) is 2.06. The summed E-state index contributed by atoms with van der Waals surface area (Å²) in [5.74, 6) is 0.812. The zero-order valence-electron chi connectivity index (χ0n) is 13.9. The van der Waals surface area contributed by atoms with Gasteiger partial charge in [-0.2, -0.15) is 0 Å². The third-order valence-electron chi connectivity index (χ3n) is 4.37. The number of rotatable bonds is 5. The maximum Gasteiger partial charge on any atom is 0.317 e. The summed E-state index contributed by atoms with van der Waals surface area (Å²) in [4.78, 5) is 24.9. The second-order valence-electron chi connectivity index (χ2n) is 6.11. The minimum atomic E-state index is 0.00529. The SMILES string of the molecule is CN(Cc1ncccn1)[C@@H]1CCN(C(=O)NCc2ccccc2)C1. The van der Waals surface area contributed by atoms with E-state index in [1.54, 1.807) is 12.4 Å². The number of urea groups is 1. The van der Waals surface area contributed by atoms with Crippen LogP contribution in [0.2, 0.25) is 0 Å². The standard InChI is InChI=1S/C18H23N5O/c1-22(14-17-19-9-5-10-20-17)16-8-11-23(13-16)18(24)21-12-15-6-3-2-4-7-15/h2-7,9-10,16H,8,11-14H2,1H3,(H,21,24)/t16-/m1/s1. The number of carbonyl (C=O) groups excluding carboxylic acids is 1. The summed E-state index contributed by atoms with van der Waals surface area (Å²) in [6.45, 7) is 2.79. The number of hydrogen-bond donors (Lipinski definition) is 1. The molecule has 1 aliphatic rings. The fourth-order valence-corrected chi connectivity index (χ4v) is 2.94. The first-order valence-electron chi connectivity index (χ1n) is 8.25. The molecular formula is C18H23N5O. The first kappa shape index (κ1) is 16.4. The second kappa shape index (κ2) is 7.88. The number of carbonyl (C=O) groups is 1. The molecule has 1 fully saturated rings. The van der Waals surface area contributed by atoms with Crippen LogP contribution >= 0.6 is 0 Å². The van der Waals surface area contributed by atoms with E-state index in [1.807, 2.05) is 41.3 Å². The van der Waals surface area contributed by atoms with E-state index in [-0.39, 0.29) is 6.03 Å². The number of likely N-dealkylation sites (tertiary alicyclic amines) is 1. The summed E-state index contributed by atoms with van der Waals surface area (Å²) in [5.41, 5.74) is 1.11. The molecule has 0 bridgehead atoms. The highest BCUT2D eigenvalue weighted by Crippen LogP contribution is 2.16. The van der Waals surface area contributed by atoms with Gasteiger partial charge in [-0.1, -0.05) is 30.3 Å². The summed E-state index contributed by atoms with van der Waals surface area (Å²) in [5, 5.41) is 2.99. The van der Waals surface area contributed by atoms with Gasteiger partial charge in [0.1, 0.15) is 5.82 Å². The van der Waals surface area contributed by atoms with Gasteiger partial charge in [0.05, 0.1) is 6.54 Å². The smallest absolute Gasteiger partial charge is 0.317 e. The first-order valence-corrected chi connectivity index (χ1v) is 8.25. The number of nitrogens with zero attached hydrogens (tertiary/aromatic N) is 4. The van der Waals surface area contributed by atoms with Crippen molar-refractivity contribution in [1.29, 1.82) is 0 Å². The zero-order valence-corrected chi connectivity index (χ0v) is 13.9. The molecule has 0 aliphatic carbocycles. The van der Waals surface area contributed by atoms with Crippen molar-refractivity contribution in [3.05, 3.63) is 60.2 Å². The van der Waals surface area contributed by atoms with Crippen molar-refractivity contribution in [1.82, 2.24) is 25.1 Å². The highest BCUT2D eigenvalue weighted by Gasteiger charge is 2.28. The van der Waals surface area contributed by atoms with Gasteiger partial charge in [-0.3, -0.25) is 4.90 Å². The van der Waals surface area contributed by atoms with E-state index in [9.17, 15) is 4.79 Å². The zero-order chi connectivity index (χ0) is 16.8. The Morgan fingerprint density at radius 3 is 2.75 bits per heavy atom. The Hall–Kier alpha value is -2.47. The third kappa shape index (κ3) is 4.29. The first-order chi connectivity index (χ1) is 11.7. The van der Waals surface area contributed by atoms with Crippen molar-refractivity contribution < 1.29 is 4.79 Å². The van der Waals surface area contributed by atoms with Crippen molar-refractivity contribution in [2.45, 2.75) is 25.6 Å². The fourth-order valence-electron chi connectivity index (χ4n) is 2.94. The van der Waals surface area contributed by atoms with E-state index < -0.39 is 0 Å². The predicted molar refractivity (Wildman–Crippen MR) is 92.2 cm³/mol. The van der Waals surface area contributed by atoms with Crippen LogP contribution in [-0.4, -0.2) is 52.0 Å². The van der Waals surface area contributed by atoms with E-state index in [4.69, 9.17) is 0 Å². The van der Waals surface area contributed by atoms with Gasteiger partial charge in [-0.25, -0.2) is 14.8 Å². The van der Waals surface area contributed by atoms with Gasteiger partial charge in [0.2, 0.25) is 0 Å². The molecule has 1 aliphatic heterocycles. The number of benzene rings is 1. The predicted octanol–water partition coefficient (Wildman–Crippen LogP) is 1.89. The summed E-state index contributed by atoms with van der Waals surface area (Å²) in [6.07, 6.45) is 4.49. The summed E-state index contributed by atoms with van der Waals surface area (Å²) < 4.78 is 0. The van der Waals surface area contributed by atoms with Crippen LogP contribution < -0.4 is 5.32 Å². The molecule has 2 aromatic rings. The molecule has 1 aromatic heterocycles. The van der Waals surface area contributed by atoms with Crippen molar-refractivity contribution in [2.24, 2.45) is 0 Å². The van der Waals surface area contributed by atoms with Gasteiger partial charge in [0, 0.05) is 38.1 Å². The molecule has 6 nitrogen and oxygen atoms in total. The molecule has 0 unspecified atom stereocenters. The molecule has 1 saturated heterocycles. The molecule has 0 saturated carbocycles. The Kier molecular flexibility index (Phi) is 5.38. The lowest BCUT2D eigenvalue weighted by atomic mass is 10.2. The average Bonchev–Trinajstić information content (AvgIpc) is 3.12. The molecule has 6 heteroatoms. The Labute approximate surface area is 142 Å². The molecule has 1 N–H and O–H groups in total. The topological polar surface area (TPSA) is 61.4 Å². The molecule has 1 atom stereocenters. The van der Waals surface area contributed by atoms with Crippen molar-refractivity contribution in [3.8, 4) is 0 Å². The Morgan fingerprint density at radius 1 is 1.25 bits per heavy atom. The number of amides is 2.